The molecule has 0 radical (unpaired) electrons. The lowest BCUT2D eigenvalue weighted by molar-refractivity contribution is 0.0338. The quantitative estimate of drug-likeness (QED) is 0.566. The molecular formula is C26H38N4O2. The highest BCUT2D eigenvalue weighted by Crippen LogP contribution is 2.25. The number of likely N-dealkylation sites (N-methyl/N-ethyl adjacent to an activating group) is 1. The van der Waals surface area contributed by atoms with Crippen LogP contribution in [-0.4, -0.2) is 78.8 Å². The van der Waals surface area contributed by atoms with Gasteiger partial charge in [-0.1, -0.05) is 19.1 Å². The maximum absolute atomic E-state index is 5.69. The van der Waals surface area contributed by atoms with Gasteiger partial charge in [0.1, 0.15) is 5.75 Å². The van der Waals surface area contributed by atoms with E-state index in [9.17, 15) is 0 Å². The molecule has 2 saturated heterocycles. The standard InChI is InChI=1S/C26H38N4O2/c1-3-30-11-5-7-25(30)21-29(19-23-6-4-10-27-17-23)18-22-8-9-26(31-2)24(16-22)20-28-12-14-32-15-13-28/h4,6,8-10,16-17,25H,3,5,7,11-15,18-21H2,1-2H3. The number of benzene rings is 1. The molecule has 2 fully saturated rings. The fraction of sp³-hybridized carbons (Fsp3) is 0.577. The summed E-state index contributed by atoms with van der Waals surface area (Å²) in [6.07, 6.45) is 6.45. The molecule has 174 valence electrons. The summed E-state index contributed by atoms with van der Waals surface area (Å²) in [5.41, 5.74) is 3.89. The molecule has 2 aromatic rings. The summed E-state index contributed by atoms with van der Waals surface area (Å²) in [7, 11) is 1.77. The van der Waals surface area contributed by atoms with Gasteiger partial charge in [0.25, 0.3) is 0 Å². The van der Waals surface area contributed by atoms with Gasteiger partial charge in [-0.2, -0.15) is 0 Å². The van der Waals surface area contributed by atoms with Gasteiger partial charge in [-0.3, -0.25) is 19.7 Å². The number of ether oxygens (including phenoxy) is 2. The number of hydrogen-bond acceptors (Lipinski definition) is 6. The highest BCUT2D eigenvalue weighted by molar-refractivity contribution is 5.37. The summed E-state index contributed by atoms with van der Waals surface area (Å²) in [6, 6.07) is 11.6. The molecule has 2 aliphatic heterocycles. The summed E-state index contributed by atoms with van der Waals surface area (Å²) in [4.78, 5) is 12.0. The SMILES string of the molecule is CCN1CCCC1CN(Cc1cccnc1)Cc1ccc(OC)c(CN2CCOCC2)c1. The van der Waals surface area contributed by atoms with Crippen molar-refractivity contribution in [2.45, 2.75) is 45.4 Å². The van der Waals surface area contributed by atoms with Gasteiger partial charge in [-0.25, -0.2) is 0 Å². The zero-order valence-electron chi connectivity index (χ0n) is 19.7. The van der Waals surface area contributed by atoms with Crippen molar-refractivity contribution >= 4 is 0 Å². The summed E-state index contributed by atoms with van der Waals surface area (Å²) < 4.78 is 11.2. The Bertz CT molecular complexity index is 826. The molecule has 0 spiro atoms. The van der Waals surface area contributed by atoms with Crippen LogP contribution < -0.4 is 4.74 Å². The molecule has 2 aliphatic rings. The Morgan fingerprint density at radius 1 is 1.12 bits per heavy atom. The van der Waals surface area contributed by atoms with Crippen LogP contribution in [0.4, 0.5) is 0 Å². The van der Waals surface area contributed by atoms with Crippen molar-refractivity contribution < 1.29 is 9.47 Å². The van der Waals surface area contributed by atoms with E-state index in [2.05, 4.69) is 50.9 Å². The van der Waals surface area contributed by atoms with E-state index in [1.165, 1.54) is 36.1 Å². The van der Waals surface area contributed by atoms with Gasteiger partial charge in [0.2, 0.25) is 0 Å². The largest absolute Gasteiger partial charge is 0.496 e. The lowest BCUT2D eigenvalue weighted by atomic mass is 10.1. The van der Waals surface area contributed by atoms with Gasteiger partial charge in [-0.05, 0) is 55.3 Å². The third-order valence-corrected chi connectivity index (χ3v) is 6.75. The van der Waals surface area contributed by atoms with E-state index in [-0.39, 0.29) is 0 Å². The van der Waals surface area contributed by atoms with E-state index in [1.54, 1.807) is 7.11 Å². The van der Waals surface area contributed by atoms with E-state index in [4.69, 9.17) is 9.47 Å². The van der Waals surface area contributed by atoms with Gasteiger partial charge in [-0.15, -0.1) is 0 Å². The Hall–Kier alpha value is -1.99. The number of methoxy groups -OCH3 is 1. The van der Waals surface area contributed by atoms with E-state index < -0.39 is 0 Å². The first-order chi connectivity index (χ1) is 15.7. The molecule has 1 atom stereocenters. The Morgan fingerprint density at radius 3 is 2.72 bits per heavy atom. The molecule has 3 heterocycles. The van der Waals surface area contributed by atoms with Gasteiger partial charge in [0, 0.05) is 63.3 Å². The normalized spacial score (nSPS) is 20.2. The average molecular weight is 439 g/mol. The van der Waals surface area contributed by atoms with Crippen molar-refractivity contribution in [2.75, 3.05) is 53.0 Å². The number of aromatic nitrogens is 1. The fourth-order valence-electron chi connectivity index (χ4n) is 5.06. The van der Waals surface area contributed by atoms with Crippen molar-refractivity contribution in [1.29, 1.82) is 0 Å². The number of nitrogens with zero attached hydrogens (tertiary/aromatic N) is 4. The Morgan fingerprint density at radius 2 is 1.97 bits per heavy atom. The summed E-state index contributed by atoms with van der Waals surface area (Å²) in [5.74, 6) is 0.979. The predicted molar refractivity (Wildman–Crippen MR) is 128 cm³/mol. The minimum atomic E-state index is 0.641. The smallest absolute Gasteiger partial charge is 0.123 e. The van der Waals surface area contributed by atoms with Crippen molar-refractivity contribution in [3.8, 4) is 5.75 Å². The minimum Gasteiger partial charge on any atom is -0.496 e. The van der Waals surface area contributed by atoms with Crippen LogP contribution in [0, 0.1) is 0 Å². The van der Waals surface area contributed by atoms with Gasteiger partial charge in [0.15, 0.2) is 0 Å². The van der Waals surface area contributed by atoms with E-state index in [0.29, 0.717) is 6.04 Å². The first-order valence-corrected chi connectivity index (χ1v) is 12.1. The fourth-order valence-corrected chi connectivity index (χ4v) is 5.06. The maximum atomic E-state index is 5.69. The number of morpholine rings is 1. The maximum Gasteiger partial charge on any atom is 0.123 e. The number of likely N-dealkylation sites (tertiary alicyclic amines) is 1. The molecule has 1 unspecified atom stereocenters. The lowest BCUT2D eigenvalue weighted by Crippen LogP contribution is -2.39. The third kappa shape index (κ3) is 6.29. The predicted octanol–water partition coefficient (Wildman–Crippen LogP) is 3.41. The zero-order valence-corrected chi connectivity index (χ0v) is 19.7. The van der Waals surface area contributed by atoms with Crippen molar-refractivity contribution in [1.82, 2.24) is 19.7 Å². The lowest BCUT2D eigenvalue weighted by Gasteiger charge is -2.31. The second-order valence-corrected chi connectivity index (χ2v) is 8.99. The van der Waals surface area contributed by atoms with Gasteiger partial charge >= 0.3 is 0 Å². The summed E-state index contributed by atoms with van der Waals surface area (Å²) in [6.45, 7) is 12.1. The van der Waals surface area contributed by atoms with Crippen LogP contribution in [0.5, 0.6) is 5.75 Å². The van der Waals surface area contributed by atoms with Crippen LogP contribution in [0.25, 0.3) is 0 Å². The highest BCUT2D eigenvalue weighted by Gasteiger charge is 2.25. The summed E-state index contributed by atoms with van der Waals surface area (Å²) >= 11 is 0. The molecule has 0 N–H and O–H groups in total. The van der Waals surface area contributed by atoms with Crippen molar-refractivity contribution in [3.63, 3.8) is 0 Å². The monoisotopic (exact) mass is 438 g/mol. The Balaban J connectivity index is 1.50. The Labute approximate surface area is 193 Å². The summed E-state index contributed by atoms with van der Waals surface area (Å²) in [5, 5.41) is 0. The minimum absolute atomic E-state index is 0.641. The van der Waals surface area contributed by atoms with E-state index in [1.807, 2.05) is 18.5 Å². The highest BCUT2D eigenvalue weighted by atomic mass is 16.5. The molecule has 1 aromatic heterocycles. The van der Waals surface area contributed by atoms with Crippen molar-refractivity contribution in [3.05, 3.63) is 59.4 Å². The molecular weight excluding hydrogens is 400 g/mol. The van der Waals surface area contributed by atoms with Crippen LogP contribution in [0.15, 0.2) is 42.7 Å². The van der Waals surface area contributed by atoms with Crippen LogP contribution >= 0.6 is 0 Å². The topological polar surface area (TPSA) is 41.1 Å². The van der Waals surface area contributed by atoms with Crippen LogP contribution in [0.1, 0.15) is 36.5 Å². The van der Waals surface area contributed by atoms with Gasteiger partial charge in [0.05, 0.1) is 20.3 Å². The molecule has 4 rings (SSSR count). The molecule has 32 heavy (non-hydrogen) atoms. The Kier molecular flexibility index (Phi) is 8.51. The molecule has 0 saturated carbocycles. The molecule has 0 aliphatic carbocycles. The van der Waals surface area contributed by atoms with Crippen LogP contribution in [-0.2, 0) is 24.4 Å². The molecule has 0 bridgehead atoms. The second-order valence-electron chi connectivity index (χ2n) is 8.99. The zero-order chi connectivity index (χ0) is 22.2. The third-order valence-electron chi connectivity index (χ3n) is 6.75. The van der Waals surface area contributed by atoms with E-state index in [0.717, 1.165) is 64.8 Å². The molecule has 0 amide bonds. The van der Waals surface area contributed by atoms with Crippen LogP contribution in [0.3, 0.4) is 0 Å². The second kappa shape index (κ2) is 11.8. The average Bonchev–Trinajstić information content (AvgIpc) is 3.28. The van der Waals surface area contributed by atoms with E-state index >= 15 is 0 Å². The number of pyridine rings is 1. The molecule has 6 nitrogen and oxygen atoms in total. The molecule has 6 heteroatoms. The first-order valence-electron chi connectivity index (χ1n) is 12.1. The first kappa shape index (κ1) is 23.2. The van der Waals surface area contributed by atoms with Crippen LogP contribution in [0.2, 0.25) is 0 Å². The number of rotatable bonds is 10. The van der Waals surface area contributed by atoms with Gasteiger partial charge < -0.3 is 9.47 Å². The van der Waals surface area contributed by atoms with Crippen molar-refractivity contribution in [2.24, 2.45) is 0 Å². The number of hydrogen-bond donors (Lipinski definition) is 0. The molecule has 1 aromatic carbocycles.